The van der Waals surface area contributed by atoms with E-state index in [2.05, 4.69) is 23.6 Å². The normalized spacial score (nSPS) is 19.1. The lowest BCUT2D eigenvalue weighted by Crippen LogP contribution is -2.47. The van der Waals surface area contributed by atoms with Crippen LogP contribution in [0.3, 0.4) is 0 Å². The van der Waals surface area contributed by atoms with Crippen LogP contribution in [0.2, 0.25) is 0 Å². The van der Waals surface area contributed by atoms with Crippen LogP contribution in [0.1, 0.15) is 39.5 Å². The molecule has 0 atom stereocenters. The average Bonchev–Trinajstić information content (AvgIpc) is 2.30. The van der Waals surface area contributed by atoms with Gasteiger partial charge in [-0.3, -0.25) is 0 Å². The number of piperazine rings is 1. The second-order valence-corrected chi connectivity index (χ2v) is 5.67. The van der Waals surface area contributed by atoms with E-state index in [1.165, 1.54) is 58.5 Å². The zero-order valence-corrected chi connectivity index (χ0v) is 11.7. The van der Waals surface area contributed by atoms with E-state index in [9.17, 15) is 0 Å². The molecule has 17 heavy (non-hydrogen) atoms. The van der Waals surface area contributed by atoms with Crippen molar-refractivity contribution in [2.45, 2.75) is 39.5 Å². The molecule has 1 saturated heterocycles. The van der Waals surface area contributed by atoms with E-state index in [1.54, 1.807) is 0 Å². The van der Waals surface area contributed by atoms with Gasteiger partial charge in [0.2, 0.25) is 0 Å². The highest BCUT2D eigenvalue weighted by Crippen LogP contribution is 2.07. The minimum absolute atomic E-state index is 0.355. The molecule has 1 rings (SSSR count). The van der Waals surface area contributed by atoms with Crippen molar-refractivity contribution in [3.8, 4) is 0 Å². The highest BCUT2D eigenvalue weighted by atomic mass is 16.2. The fourth-order valence-corrected chi connectivity index (χ4v) is 2.51. The molecular formula is C14H30N2O. The maximum absolute atomic E-state index is 8.70. The monoisotopic (exact) mass is 242 g/mol. The molecule has 0 unspecified atom stereocenters. The summed E-state index contributed by atoms with van der Waals surface area (Å²) in [5.41, 5.74) is 0. The fourth-order valence-electron chi connectivity index (χ4n) is 2.51. The molecule has 1 aliphatic heterocycles. The molecule has 102 valence electrons. The molecule has 0 aromatic heterocycles. The molecule has 3 heteroatoms. The molecule has 1 heterocycles. The van der Waals surface area contributed by atoms with Gasteiger partial charge in [-0.2, -0.15) is 0 Å². The summed E-state index contributed by atoms with van der Waals surface area (Å²) in [5.74, 6) is 0.792. The predicted molar refractivity (Wildman–Crippen MR) is 73.3 cm³/mol. The third-order valence-corrected chi connectivity index (χ3v) is 3.47. The predicted octanol–water partition coefficient (Wildman–Crippen LogP) is 1.81. The number of hydrogen-bond donors (Lipinski definition) is 1. The summed E-state index contributed by atoms with van der Waals surface area (Å²) in [5, 5.41) is 8.70. The Morgan fingerprint density at radius 1 is 0.882 bits per heavy atom. The number of unbranched alkanes of at least 4 members (excludes halogenated alkanes) is 3. The number of rotatable bonds is 8. The highest BCUT2D eigenvalue weighted by molar-refractivity contribution is 4.72. The van der Waals surface area contributed by atoms with Gasteiger partial charge >= 0.3 is 0 Å². The lowest BCUT2D eigenvalue weighted by atomic mass is 10.1. The first-order valence-electron chi connectivity index (χ1n) is 7.28. The lowest BCUT2D eigenvalue weighted by molar-refractivity contribution is 0.120. The molecule has 1 aliphatic rings. The van der Waals surface area contributed by atoms with Crippen LogP contribution in [0, 0.1) is 5.92 Å². The van der Waals surface area contributed by atoms with Crippen LogP contribution in [0.15, 0.2) is 0 Å². The summed E-state index contributed by atoms with van der Waals surface area (Å²) in [6, 6.07) is 0. The summed E-state index contributed by atoms with van der Waals surface area (Å²) in [6.45, 7) is 12.4. The number of aliphatic hydroxyl groups is 1. The Morgan fingerprint density at radius 2 is 1.47 bits per heavy atom. The first-order chi connectivity index (χ1) is 8.22. The van der Waals surface area contributed by atoms with Crippen LogP contribution < -0.4 is 0 Å². The summed E-state index contributed by atoms with van der Waals surface area (Å²) < 4.78 is 0. The van der Waals surface area contributed by atoms with Gasteiger partial charge in [-0.1, -0.05) is 26.7 Å². The molecule has 0 aliphatic carbocycles. The quantitative estimate of drug-likeness (QED) is 0.658. The largest absolute Gasteiger partial charge is 0.396 e. The Hall–Kier alpha value is -0.120. The third-order valence-electron chi connectivity index (χ3n) is 3.47. The van der Waals surface area contributed by atoms with E-state index < -0.39 is 0 Å². The number of hydrogen-bond acceptors (Lipinski definition) is 3. The van der Waals surface area contributed by atoms with Gasteiger partial charge < -0.3 is 14.9 Å². The molecule has 1 N–H and O–H groups in total. The standard InChI is InChI=1S/C14H30N2O/c1-14(2)13-16-10-8-15(9-11-16)7-5-3-4-6-12-17/h14,17H,3-13H2,1-2H3. The second-order valence-electron chi connectivity index (χ2n) is 5.67. The van der Waals surface area contributed by atoms with Crippen LogP contribution in [0.4, 0.5) is 0 Å². The van der Waals surface area contributed by atoms with Gasteiger partial charge in [0.25, 0.3) is 0 Å². The average molecular weight is 242 g/mol. The fraction of sp³-hybridized carbons (Fsp3) is 1.00. The van der Waals surface area contributed by atoms with Crippen molar-refractivity contribution in [1.29, 1.82) is 0 Å². The van der Waals surface area contributed by atoms with Crippen LogP contribution in [-0.4, -0.2) is 60.8 Å². The van der Waals surface area contributed by atoms with E-state index in [-0.39, 0.29) is 0 Å². The molecule has 3 nitrogen and oxygen atoms in total. The zero-order chi connectivity index (χ0) is 12.5. The molecule has 0 aromatic rings. The van der Waals surface area contributed by atoms with Crippen LogP contribution in [0.5, 0.6) is 0 Å². The lowest BCUT2D eigenvalue weighted by Gasteiger charge is -2.35. The number of nitrogens with zero attached hydrogens (tertiary/aromatic N) is 2. The topological polar surface area (TPSA) is 26.7 Å². The van der Waals surface area contributed by atoms with E-state index in [4.69, 9.17) is 5.11 Å². The van der Waals surface area contributed by atoms with E-state index >= 15 is 0 Å². The molecular weight excluding hydrogens is 212 g/mol. The Morgan fingerprint density at radius 3 is 2.06 bits per heavy atom. The van der Waals surface area contributed by atoms with Crippen molar-refractivity contribution in [2.75, 3.05) is 45.9 Å². The maximum Gasteiger partial charge on any atom is 0.0431 e. The summed E-state index contributed by atoms with van der Waals surface area (Å²) in [7, 11) is 0. The van der Waals surface area contributed by atoms with Gasteiger partial charge in [-0.25, -0.2) is 0 Å². The Balaban J connectivity index is 1.99. The minimum Gasteiger partial charge on any atom is -0.396 e. The SMILES string of the molecule is CC(C)CN1CCN(CCCCCCO)CC1. The summed E-state index contributed by atoms with van der Waals surface area (Å²) >= 11 is 0. The van der Waals surface area contributed by atoms with Crippen LogP contribution in [0.25, 0.3) is 0 Å². The first kappa shape index (κ1) is 14.9. The molecule has 0 spiro atoms. The summed E-state index contributed by atoms with van der Waals surface area (Å²) in [4.78, 5) is 5.18. The van der Waals surface area contributed by atoms with Crippen molar-refractivity contribution < 1.29 is 5.11 Å². The van der Waals surface area contributed by atoms with Crippen molar-refractivity contribution in [2.24, 2.45) is 5.92 Å². The highest BCUT2D eigenvalue weighted by Gasteiger charge is 2.16. The second kappa shape index (κ2) is 8.90. The molecule has 0 bridgehead atoms. The van der Waals surface area contributed by atoms with Crippen LogP contribution >= 0.6 is 0 Å². The smallest absolute Gasteiger partial charge is 0.0431 e. The third kappa shape index (κ3) is 7.02. The van der Waals surface area contributed by atoms with Crippen molar-refractivity contribution >= 4 is 0 Å². The first-order valence-corrected chi connectivity index (χ1v) is 7.28. The molecule has 0 aromatic carbocycles. The zero-order valence-electron chi connectivity index (χ0n) is 11.7. The van der Waals surface area contributed by atoms with E-state index in [0.717, 1.165) is 12.3 Å². The van der Waals surface area contributed by atoms with Gasteiger partial charge in [-0.05, 0) is 25.3 Å². The molecule has 0 radical (unpaired) electrons. The molecule has 1 fully saturated rings. The Labute approximate surface area is 107 Å². The summed E-state index contributed by atoms with van der Waals surface area (Å²) in [6.07, 6.45) is 4.73. The van der Waals surface area contributed by atoms with Gasteiger partial charge in [0.1, 0.15) is 0 Å². The van der Waals surface area contributed by atoms with Gasteiger partial charge in [0.05, 0.1) is 0 Å². The van der Waals surface area contributed by atoms with Crippen molar-refractivity contribution in [3.05, 3.63) is 0 Å². The van der Waals surface area contributed by atoms with Gasteiger partial charge in [-0.15, -0.1) is 0 Å². The van der Waals surface area contributed by atoms with Crippen molar-refractivity contribution in [3.63, 3.8) is 0 Å². The van der Waals surface area contributed by atoms with Crippen molar-refractivity contribution in [1.82, 2.24) is 9.80 Å². The van der Waals surface area contributed by atoms with E-state index in [0.29, 0.717) is 6.61 Å². The molecule has 0 saturated carbocycles. The Bertz CT molecular complexity index is 177. The minimum atomic E-state index is 0.355. The van der Waals surface area contributed by atoms with E-state index in [1.807, 2.05) is 0 Å². The molecule has 0 amide bonds. The van der Waals surface area contributed by atoms with Crippen LogP contribution in [-0.2, 0) is 0 Å². The van der Waals surface area contributed by atoms with Gasteiger partial charge in [0.15, 0.2) is 0 Å². The van der Waals surface area contributed by atoms with Gasteiger partial charge in [0, 0.05) is 39.3 Å². The maximum atomic E-state index is 8.70. The number of aliphatic hydroxyl groups excluding tert-OH is 1. The Kier molecular flexibility index (Phi) is 7.82.